The second-order valence-corrected chi connectivity index (χ2v) is 9.51. The third kappa shape index (κ3) is 14.3. The molecule has 31 heavy (non-hydrogen) atoms. The normalized spacial score (nSPS) is 11.3. The quantitative estimate of drug-likeness (QED) is 0.160. The van der Waals surface area contributed by atoms with E-state index in [0.717, 1.165) is 12.8 Å². The highest BCUT2D eigenvalue weighted by Gasteiger charge is 2.45. The number of urea groups is 2. The van der Waals surface area contributed by atoms with Crippen LogP contribution < -0.4 is 15.7 Å². The van der Waals surface area contributed by atoms with Gasteiger partial charge in [0.2, 0.25) is 0 Å². The van der Waals surface area contributed by atoms with Crippen molar-refractivity contribution in [3.8, 4) is 0 Å². The van der Waals surface area contributed by atoms with Crippen molar-refractivity contribution in [2.75, 3.05) is 32.9 Å². The summed E-state index contributed by atoms with van der Waals surface area (Å²) < 4.78 is 17.0. The molecule has 0 radical (unpaired) electrons. The zero-order valence-corrected chi connectivity index (χ0v) is 21.4. The lowest BCUT2D eigenvalue weighted by Gasteiger charge is -2.31. The van der Waals surface area contributed by atoms with Gasteiger partial charge in [0.15, 0.2) is 0 Å². The van der Waals surface area contributed by atoms with Crippen LogP contribution in [0.2, 0.25) is 0 Å². The van der Waals surface area contributed by atoms with Crippen LogP contribution in [-0.2, 0) is 13.3 Å². The van der Waals surface area contributed by atoms with Gasteiger partial charge in [-0.1, -0.05) is 58.8 Å². The molecule has 0 fully saturated rings. The smallest absolute Gasteiger partial charge is 0.357 e. The van der Waals surface area contributed by atoms with Gasteiger partial charge < -0.3 is 18.6 Å². The fraction of sp³-hybridized carbons (Fsp3) is 0.905. The van der Waals surface area contributed by atoms with Crippen LogP contribution >= 0.6 is 0 Å². The van der Waals surface area contributed by atoms with Crippen molar-refractivity contribution in [1.82, 2.24) is 20.7 Å². The highest BCUT2D eigenvalue weighted by atomic mass is 28.4. The highest BCUT2D eigenvalue weighted by molar-refractivity contribution is 6.60. The summed E-state index contributed by atoms with van der Waals surface area (Å²) in [4.78, 5) is 27.8. The van der Waals surface area contributed by atoms with Gasteiger partial charge in [0.1, 0.15) is 0 Å². The molecule has 0 bridgehead atoms. The highest BCUT2D eigenvalue weighted by Crippen LogP contribution is 2.09. The van der Waals surface area contributed by atoms with Gasteiger partial charge in [0, 0.05) is 32.9 Å². The van der Waals surface area contributed by atoms with Crippen molar-refractivity contribution in [2.45, 2.75) is 92.4 Å². The van der Waals surface area contributed by atoms with E-state index in [0.29, 0.717) is 39.3 Å². The monoisotopic (exact) mass is 462 g/mol. The maximum absolute atomic E-state index is 12.8. The number of carbonyl (C=O) groups excluding carboxylic acids is 2. The summed E-state index contributed by atoms with van der Waals surface area (Å²) in [5, 5.41) is 4.06. The van der Waals surface area contributed by atoms with Crippen molar-refractivity contribution in [2.24, 2.45) is 0 Å². The molecule has 3 N–H and O–H groups in total. The third-order valence-corrected chi connectivity index (χ3v) is 7.03. The molecular weight excluding hydrogens is 416 g/mol. The van der Waals surface area contributed by atoms with Crippen molar-refractivity contribution in [1.29, 1.82) is 0 Å². The number of amides is 4. The molecule has 0 aliphatic heterocycles. The summed E-state index contributed by atoms with van der Waals surface area (Å²) in [7, 11) is -3.37. The van der Waals surface area contributed by atoms with E-state index < -0.39 is 21.0 Å². The topological polar surface area (TPSA) is 101 Å². The predicted molar refractivity (Wildman–Crippen MR) is 125 cm³/mol. The van der Waals surface area contributed by atoms with Crippen LogP contribution in [0.3, 0.4) is 0 Å². The predicted octanol–water partition coefficient (Wildman–Crippen LogP) is 4.31. The first-order valence-corrected chi connectivity index (χ1v) is 13.8. The zero-order valence-electron chi connectivity index (χ0n) is 20.4. The summed E-state index contributed by atoms with van der Waals surface area (Å²) in [5.41, 5.74) is 2.62. The number of carbonyl (C=O) groups is 2. The number of hydrogen-bond donors (Lipinski definition) is 3. The summed E-state index contributed by atoms with van der Waals surface area (Å²) in [6, 6.07) is -0.908. The first-order valence-electron chi connectivity index (χ1n) is 12.0. The van der Waals surface area contributed by atoms with Crippen LogP contribution in [0.15, 0.2) is 0 Å². The van der Waals surface area contributed by atoms with Crippen molar-refractivity contribution in [3.05, 3.63) is 0 Å². The fourth-order valence-electron chi connectivity index (χ4n) is 3.06. The maximum Gasteiger partial charge on any atom is 0.634 e. The Hall–Kier alpha value is -1.36. The molecule has 4 amide bonds. The number of unbranched alkanes of at least 4 members (excludes halogenated alkanes) is 7. The Kier molecular flexibility index (Phi) is 18.5. The SMILES string of the molecule is CCCCCCCCCCNC(=O)NN(CCC)C(=O)N[Si](OCC)(OCC)OCC. The van der Waals surface area contributed by atoms with E-state index in [-0.39, 0.29) is 0 Å². The van der Waals surface area contributed by atoms with Crippen molar-refractivity contribution < 1.29 is 22.9 Å². The Morgan fingerprint density at radius 2 is 1.26 bits per heavy atom. The molecule has 0 atom stereocenters. The molecule has 184 valence electrons. The standard InChI is InChI=1S/C21H46N4O5Si/c1-6-11-12-13-14-15-16-17-18-22-20(26)23-25(19-7-2)21(27)24-31(28-8-3,29-9-4)30-10-5/h6-19H2,1-5H3,(H,24,27)(H2,22,23,26). The first-order chi connectivity index (χ1) is 15.0. The zero-order chi connectivity index (χ0) is 23.4. The second kappa shape index (κ2) is 19.3. The molecule has 0 aromatic carbocycles. The molecule has 0 saturated heterocycles. The Bertz CT molecular complexity index is 454. The Morgan fingerprint density at radius 1 is 0.742 bits per heavy atom. The Labute approximate surface area is 190 Å². The Morgan fingerprint density at radius 3 is 1.74 bits per heavy atom. The van der Waals surface area contributed by atoms with Gasteiger partial charge in [-0.05, 0) is 33.6 Å². The molecule has 10 heteroatoms. The molecule has 0 saturated carbocycles. The van der Waals surface area contributed by atoms with Crippen LogP contribution in [0.4, 0.5) is 9.59 Å². The maximum atomic E-state index is 12.8. The van der Waals surface area contributed by atoms with Crippen LogP contribution in [0.25, 0.3) is 0 Å². The Balaban J connectivity index is 4.48. The van der Waals surface area contributed by atoms with E-state index in [1.807, 2.05) is 27.7 Å². The molecule has 0 spiro atoms. The van der Waals surface area contributed by atoms with E-state index in [1.54, 1.807) is 0 Å². The summed E-state index contributed by atoms with van der Waals surface area (Å²) >= 11 is 0. The molecule has 0 aromatic heterocycles. The van der Waals surface area contributed by atoms with E-state index in [4.69, 9.17) is 13.3 Å². The molecule has 0 heterocycles. The van der Waals surface area contributed by atoms with Gasteiger partial charge in [-0.2, -0.15) is 0 Å². The van der Waals surface area contributed by atoms with Crippen molar-refractivity contribution in [3.63, 3.8) is 0 Å². The van der Waals surface area contributed by atoms with E-state index in [2.05, 4.69) is 22.6 Å². The van der Waals surface area contributed by atoms with Crippen LogP contribution in [0, 0.1) is 0 Å². The minimum Gasteiger partial charge on any atom is -0.357 e. The van der Waals surface area contributed by atoms with Crippen LogP contribution in [-0.4, -0.2) is 58.9 Å². The summed E-state index contributed by atoms with van der Waals surface area (Å²) in [5.74, 6) is 0. The largest absolute Gasteiger partial charge is 0.634 e. The summed E-state index contributed by atoms with van der Waals surface area (Å²) in [6.45, 7) is 11.5. The molecule has 9 nitrogen and oxygen atoms in total. The molecule has 0 aliphatic rings. The van der Waals surface area contributed by atoms with Crippen LogP contribution in [0.1, 0.15) is 92.4 Å². The average molecular weight is 463 g/mol. The van der Waals surface area contributed by atoms with Crippen molar-refractivity contribution >= 4 is 21.0 Å². The molecule has 0 aliphatic carbocycles. The molecular formula is C21H46N4O5Si. The number of hydrazine groups is 1. The summed E-state index contributed by atoms with van der Waals surface area (Å²) in [6.07, 6.45) is 10.3. The molecule has 0 rings (SSSR count). The van der Waals surface area contributed by atoms with Gasteiger partial charge in [-0.25, -0.2) is 20.0 Å². The lowest BCUT2D eigenvalue weighted by Crippen LogP contribution is -2.65. The van der Waals surface area contributed by atoms with Gasteiger partial charge in [0.05, 0.1) is 0 Å². The second-order valence-electron chi connectivity index (χ2n) is 7.28. The minimum atomic E-state index is -3.37. The fourth-order valence-corrected chi connectivity index (χ4v) is 5.06. The first kappa shape index (κ1) is 29.6. The number of hydrogen-bond acceptors (Lipinski definition) is 5. The van der Waals surface area contributed by atoms with Gasteiger partial charge >= 0.3 is 21.0 Å². The van der Waals surface area contributed by atoms with E-state index in [1.165, 1.54) is 43.5 Å². The minimum absolute atomic E-state index is 0.340. The lowest BCUT2D eigenvalue weighted by atomic mass is 10.1. The molecule has 0 unspecified atom stereocenters. The van der Waals surface area contributed by atoms with Gasteiger partial charge in [-0.15, -0.1) is 0 Å². The lowest BCUT2D eigenvalue weighted by molar-refractivity contribution is 0.0597. The number of rotatable bonds is 18. The van der Waals surface area contributed by atoms with Crippen LogP contribution in [0.5, 0.6) is 0 Å². The van der Waals surface area contributed by atoms with E-state index >= 15 is 0 Å². The van der Waals surface area contributed by atoms with Gasteiger partial charge in [-0.3, -0.25) is 4.98 Å². The third-order valence-electron chi connectivity index (χ3n) is 4.51. The van der Waals surface area contributed by atoms with Gasteiger partial charge in [0.25, 0.3) is 0 Å². The average Bonchev–Trinajstić information content (AvgIpc) is 2.72. The van der Waals surface area contributed by atoms with E-state index in [9.17, 15) is 9.59 Å². The molecule has 0 aromatic rings. The number of nitrogens with one attached hydrogen (secondary N) is 3. The number of nitrogens with zero attached hydrogens (tertiary/aromatic N) is 1.